The zero-order valence-corrected chi connectivity index (χ0v) is 11.6. The maximum atomic E-state index is 11.9. The lowest BCUT2D eigenvalue weighted by Crippen LogP contribution is -2.49. The number of nitrogens with zero attached hydrogens (tertiary/aromatic N) is 3. The van der Waals surface area contributed by atoms with E-state index < -0.39 is 5.97 Å². The average molecular weight is 277 g/mol. The average Bonchev–Trinajstić information content (AvgIpc) is 2.48. The smallest absolute Gasteiger partial charge is 0.315 e. The Hall–Kier alpha value is -2.11. The lowest BCUT2D eigenvalue weighted by molar-refractivity contribution is -0.148. The summed E-state index contributed by atoms with van der Waals surface area (Å²) in [6, 6.07) is 5.78. The predicted molar refractivity (Wildman–Crippen MR) is 74.3 cm³/mol. The van der Waals surface area contributed by atoms with E-state index in [-0.39, 0.29) is 12.3 Å². The van der Waals surface area contributed by atoms with E-state index in [0.29, 0.717) is 19.7 Å². The van der Waals surface area contributed by atoms with Crippen molar-refractivity contribution in [2.45, 2.75) is 13.3 Å². The van der Waals surface area contributed by atoms with E-state index in [1.165, 1.54) is 0 Å². The number of esters is 1. The van der Waals surface area contributed by atoms with Gasteiger partial charge >= 0.3 is 5.97 Å². The van der Waals surface area contributed by atoms with Gasteiger partial charge in [-0.25, -0.2) is 4.98 Å². The third kappa shape index (κ3) is 3.69. The van der Waals surface area contributed by atoms with Crippen LogP contribution in [0.2, 0.25) is 0 Å². The second-order valence-corrected chi connectivity index (χ2v) is 4.54. The largest absolute Gasteiger partial charge is 0.466 e. The van der Waals surface area contributed by atoms with Gasteiger partial charge in [0.25, 0.3) is 0 Å². The van der Waals surface area contributed by atoms with Crippen molar-refractivity contribution >= 4 is 17.7 Å². The van der Waals surface area contributed by atoms with Gasteiger partial charge in [0.1, 0.15) is 12.2 Å². The van der Waals surface area contributed by atoms with Gasteiger partial charge in [-0.1, -0.05) is 6.07 Å². The molecule has 0 aromatic carbocycles. The molecule has 2 heterocycles. The number of pyridine rings is 1. The van der Waals surface area contributed by atoms with E-state index in [1.54, 1.807) is 18.0 Å². The molecule has 6 heteroatoms. The van der Waals surface area contributed by atoms with Crippen LogP contribution in [-0.2, 0) is 14.3 Å². The molecule has 1 amide bonds. The first-order valence-electron chi connectivity index (χ1n) is 6.80. The Morgan fingerprint density at radius 1 is 1.25 bits per heavy atom. The molecule has 0 atom stereocenters. The molecule has 0 spiro atoms. The minimum atomic E-state index is -0.454. The van der Waals surface area contributed by atoms with Crippen LogP contribution < -0.4 is 4.90 Å². The minimum absolute atomic E-state index is 0.163. The molecule has 1 aliphatic rings. The standard InChI is InChI=1S/C14H19N3O3/c1-2-20-14(19)11-13(18)17-9-7-16(8-10-17)12-5-3-4-6-15-12/h3-6H,2,7-11H2,1H3. The Kier molecular flexibility index (Phi) is 4.92. The van der Waals surface area contributed by atoms with Crippen molar-refractivity contribution < 1.29 is 14.3 Å². The number of carbonyl (C=O) groups is 2. The first kappa shape index (κ1) is 14.3. The van der Waals surface area contributed by atoms with E-state index in [2.05, 4.69) is 9.88 Å². The second kappa shape index (κ2) is 6.88. The van der Waals surface area contributed by atoms with Gasteiger partial charge in [0, 0.05) is 32.4 Å². The number of ether oxygens (including phenoxy) is 1. The number of carbonyl (C=O) groups excluding carboxylic acids is 2. The predicted octanol–water partition coefficient (Wildman–Crippen LogP) is 0.683. The fourth-order valence-corrected chi connectivity index (χ4v) is 2.17. The van der Waals surface area contributed by atoms with Crippen LogP contribution in [0.4, 0.5) is 5.82 Å². The molecule has 1 fully saturated rings. The summed E-state index contributed by atoms with van der Waals surface area (Å²) in [5.74, 6) is 0.304. The molecule has 108 valence electrons. The fraction of sp³-hybridized carbons (Fsp3) is 0.500. The van der Waals surface area contributed by atoms with E-state index in [0.717, 1.165) is 18.9 Å². The first-order chi connectivity index (χ1) is 9.70. The van der Waals surface area contributed by atoms with Crippen LogP contribution in [0.15, 0.2) is 24.4 Å². The summed E-state index contributed by atoms with van der Waals surface area (Å²) in [5.41, 5.74) is 0. The quantitative estimate of drug-likeness (QED) is 0.598. The molecule has 2 rings (SSSR count). The molecular weight excluding hydrogens is 258 g/mol. The van der Waals surface area contributed by atoms with Crippen LogP contribution in [0.1, 0.15) is 13.3 Å². The highest BCUT2D eigenvalue weighted by Gasteiger charge is 2.23. The topological polar surface area (TPSA) is 62.7 Å². The van der Waals surface area contributed by atoms with Crippen LogP contribution in [0.5, 0.6) is 0 Å². The Labute approximate surface area is 118 Å². The van der Waals surface area contributed by atoms with Crippen LogP contribution in [0, 0.1) is 0 Å². The van der Waals surface area contributed by atoms with E-state index >= 15 is 0 Å². The van der Waals surface area contributed by atoms with Gasteiger partial charge in [-0.05, 0) is 19.1 Å². The van der Waals surface area contributed by atoms with Gasteiger partial charge in [0.05, 0.1) is 6.61 Å². The third-order valence-corrected chi connectivity index (χ3v) is 3.21. The minimum Gasteiger partial charge on any atom is -0.466 e. The number of amides is 1. The third-order valence-electron chi connectivity index (χ3n) is 3.21. The summed E-state index contributed by atoms with van der Waals surface area (Å²) >= 11 is 0. The second-order valence-electron chi connectivity index (χ2n) is 4.54. The van der Waals surface area contributed by atoms with Gasteiger partial charge in [0.15, 0.2) is 0 Å². The van der Waals surface area contributed by atoms with Gasteiger partial charge in [-0.3, -0.25) is 9.59 Å². The summed E-state index contributed by atoms with van der Waals surface area (Å²) < 4.78 is 4.79. The molecule has 0 bridgehead atoms. The number of hydrogen-bond acceptors (Lipinski definition) is 5. The van der Waals surface area contributed by atoms with Crippen LogP contribution >= 0.6 is 0 Å². The molecule has 20 heavy (non-hydrogen) atoms. The zero-order chi connectivity index (χ0) is 14.4. The summed E-state index contributed by atoms with van der Waals surface area (Å²) in [7, 11) is 0. The molecule has 0 saturated carbocycles. The Morgan fingerprint density at radius 2 is 2.00 bits per heavy atom. The van der Waals surface area contributed by atoms with Gasteiger partial charge in [-0.15, -0.1) is 0 Å². The van der Waals surface area contributed by atoms with Crippen molar-refractivity contribution in [2.24, 2.45) is 0 Å². The number of hydrogen-bond donors (Lipinski definition) is 0. The van der Waals surface area contributed by atoms with Gasteiger partial charge in [-0.2, -0.15) is 0 Å². The van der Waals surface area contributed by atoms with E-state index in [1.807, 2.05) is 18.2 Å². The lowest BCUT2D eigenvalue weighted by atomic mass is 10.2. The molecular formula is C14H19N3O3. The number of aromatic nitrogens is 1. The number of piperazine rings is 1. The molecule has 1 saturated heterocycles. The zero-order valence-electron chi connectivity index (χ0n) is 11.6. The van der Waals surface area contributed by atoms with E-state index in [4.69, 9.17) is 4.74 Å². The summed E-state index contributed by atoms with van der Waals surface area (Å²) in [6.45, 7) is 4.70. The Morgan fingerprint density at radius 3 is 2.60 bits per heavy atom. The van der Waals surface area contributed by atoms with Crippen LogP contribution in [-0.4, -0.2) is 54.5 Å². The highest BCUT2D eigenvalue weighted by molar-refractivity contribution is 5.94. The summed E-state index contributed by atoms with van der Waals surface area (Å²) in [6.07, 6.45) is 1.59. The normalized spacial score (nSPS) is 15.1. The molecule has 1 aliphatic heterocycles. The summed E-state index contributed by atoms with van der Waals surface area (Å²) in [5, 5.41) is 0. The lowest BCUT2D eigenvalue weighted by Gasteiger charge is -2.35. The van der Waals surface area contributed by atoms with Crippen molar-refractivity contribution in [3.05, 3.63) is 24.4 Å². The monoisotopic (exact) mass is 277 g/mol. The molecule has 0 unspecified atom stereocenters. The van der Waals surface area contributed by atoms with Crippen molar-refractivity contribution in [3.8, 4) is 0 Å². The molecule has 1 aromatic heterocycles. The highest BCUT2D eigenvalue weighted by Crippen LogP contribution is 2.13. The Balaban J connectivity index is 1.82. The number of anilines is 1. The highest BCUT2D eigenvalue weighted by atomic mass is 16.5. The molecule has 6 nitrogen and oxygen atoms in total. The maximum absolute atomic E-state index is 11.9. The van der Waals surface area contributed by atoms with Crippen molar-refractivity contribution in [1.29, 1.82) is 0 Å². The van der Waals surface area contributed by atoms with Crippen molar-refractivity contribution in [1.82, 2.24) is 9.88 Å². The molecule has 0 radical (unpaired) electrons. The summed E-state index contributed by atoms with van der Waals surface area (Å²) in [4.78, 5) is 31.3. The first-order valence-corrected chi connectivity index (χ1v) is 6.80. The van der Waals surface area contributed by atoms with E-state index in [9.17, 15) is 9.59 Å². The van der Waals surface area contributed by atoms with Crippen molar-refractivity contribution in [3.63, 3.8) is 0 Å². The molecule has 0 aliphatic carbocycles. The van der Waals surface area contributed by atoms with Gasteiger partial charge < -0.3 is 14.5 Å². The Bertz CT molecular complexity index is 456. The SMILES string of the molecule is CCOC(=O)CC(=O)N1CCN(c2ccccn2)CC1. The fourth-order valence-electron chi connectivity index (χ4n) is 2.17. The van der Waals surface area contributed by atoms with Gasteiger partial charge in [0.2, 0.25) is 5.91 Å². The maximum Gasteiger partial charge on any atom is 0.315 e. The molecule has 0 N–H and O–H groups in total. The van der Waals surface area contributed by atoms with Crippen molar-refractivity contribution in [2.75, 3.05) is 37.7 Å². The molecule has 1 aromatic rings. The number of rotatable bonds is 4. The van der Waals surface area contributed by atoms with Crippen LogP contribution in [0.25, 0.3) is 0 Å². The van der Waals surface area contributed by atoms with Crippen LogP contribution in [0.3, 0.4) is 0 Å².